The van der Waals surface area contributed by atoms with E-state index in [4.69, 9.17) is 4.74 Å². The molecular formula is C20H24N2O6S2. The second kappa shape index (κ2) is 9.25. The van der Waals surface area contributed by atoms with Gasteiger partial charge in [0.1, 0.15) is 0 Å². The van der Waals surface area contributed by atoms with E-state index < -0.39 is 26.0 Å². The molecule has 0 bridgehead atoms. The van der Waals surface area contributed by atoms with Crippen LogP contribution in [0, 0.1) is 0 Å². The molecule has 8 nitrogen and oxygen atoms in total. The lowest BCUT2D eigenvalue weighted by molar-refractivity contribution is 0.0526. The van der Waals surface area contributed by atoms with Gasteiger partial charge in [-0.1, -0.05) is 24.3 Å². The smallest absolute Gasteiger partial charge is 0.338 e. The number of benzene rings is 2. The SMILES string of the molecule is CCOC(=O)c1cccc(S(=O)(=O)N2CCC(NS(=O)(=O)c3ccccc3)CC2)c1. The maximum Gasteiger partial charge on any atom is 0.338 e. The van der Waals surface area contributed by atoms with Crippen molar-refractivity contribution >= 4 is 26.0 Å². The molecule has 1 aliphatic rings. The van der Waals surface area contributed by atoms with Crippen LogP contribution in [0.4, 0.5) is 0 Å². The maximum atomic E-state index is 13.0. The van der Waals surface area contributed by atoms with E-state index in [1.165, 1.54) is 40.7 Å². The Morgan fingerprint density at radius 1 is 1.00 bits per heavy atom. The first-order chi connectivity index (χ1) is 14.2. The van der Waals surface area contributed by atoms with E-state index in [0.29, 0.717) is 12.8 Å². The molecule has 10 heteroatoms. The Kier molecular flexibility index (Phi) is 6.91. The highest BCUT2D eigenvalue weighted by molar-refractivity contribution is 7.89. The van der Waals surface area contributed by atoms with Crippen molar-refractivity contribution in [3.63, 3.8) is 0 Å². The number of hydrogen-bond acceptors (Lipinski definition) is 6. The van der Waals surface area contributed by atoms with E-state index in [1.807, 2.05) is 0 Å². The first kappa shape index (κ1) is 22.4. The quantitative estimate of drug-likeness (QED) is 0.644. The fourth-order valence-corrected chi connectivity index (χ4v) is 6.09. The molecule has 0 atom stereocenters. The lowest BCUT2D eigenvalue weighted by Crippen LogP contribution is -2.46. The average Bonchev–Trinajstić information content (AvgIpc) is 2.75. The Hall–Kier alpha value is -2.27. The average molecular weight is 453 g/mol. The third kappa shape index (κ3) is 5.07. The number of nitrogens with one attached hydrogen (secondary N) is 1. The fourth-order valence-electron chi connectivity index (χ4n) is 3.25. The minimum atomic E-state index is -3.80. The minimum Gasteiger partial charge on any atom is -0.462 e. The van der Waals surface area contributed by atoms with Gasteiger partial charge in [0.2, 0.25) is 20.0 Å². The van der Waals surface area contributed by atoms with Crippen LogP contribution >= 0.6 is 0 Å². The van der Waals surface area contributed by atoms with Crippen LogP contribution in [-0.4, -0.2) is 52.8 Å². The zero-order valence-electron chi connectivity index (χ0n) is 16.5. The summed E-state index contributed by atoms with van der Waals surface area (Å²) in [5, 5.41) is 0. The number of carbonyl (C=O) groups excluding carboxylic acids is 1. The van der Waals surface area contributed by atoms with Gasteiger partial charge in [0, 0.05) is 19.1 Å². The van der Waals surface area contributed by atoms with Crippen molar-refractivity contribution in [2.45, 2.75) is 35.6 Å². The van der Waals surface area contributed by atoms with Gasteiger partial charge in [0.15, 0.2) is 0 Å². The molecular weight excluding hydrogens is 428 g/mol. The van der Waals surface area contributed by atoms with Gasteiger partial charge in [0.05, 0.1) is 22.0 Å². The van der Waals surface area contributed by atoms with E-state index in [-0.39, 0.29) is 41.1 Å². The Morgan fingerprint density at radius 2 is 1.63 bits per heavy atom. The standard InChI is InChI=1S/C20H24N2O6S2/c1-2-28-20(23)16-7-6-10-19(15-16)30(26,27)22-13-11-17(12-14-22)21-29(24,25)18-8-4-3-5-9-18/h3-10,15,17,21H,2,11-14H2,1H3. The molecule has 0 radical (unpaired) electrons. The summed E-state index contributed by atoms with van der Waals surface area (Å²) in [6.07, 6.45) is 0.700. The molecule has 1 fully saturated rings. The van der Waals surface area contributed by atoms with E-state index in [9.17, 15) is 21.6 Å². The van der Waals surface area contributed by atoms with Gasteiger partial charge in [-0.3, -0.25) is 0 Å². The van der Waals surface area contributed by atoms with Crippen molar-refractivity contribution in [2.24, 2.45) is 0 Å². The van der Waals surface area contributed by atoms with Crippen LogP contribution in [0.25, 0.3) is 0 Å². The maximum absolute atomic E-state index is 13.0. The first-order valence-electron chi connectivity index (χ1n) is 9.59. The Balaban J connectivity index is 1.67. The molecule has 0 spiro atoms. The largest absolute Gasteiger partial charge is 0.462 e. The second-order valence-electron chi connectivity index (χ2n) is 6.86. The van der Waals surface area contributed by atoms with Crippen LogP contribution in [0.3, 0.4) is 0 Å². The summed E-state index contributed by atoms with van der Waals surface area (Å²) in [6.45, 7) is 2.22. The van der Waals surface area contributed by atoms with E-state index in [1.54, 1.807) is 25.1 Å². The molecule has 2 aromatic carbocycles. The van der Waals surface area contributed by atoms with Crippen molar-refractivity contribution < 1.29 is 26.4 Å². The fraction of sp³-hybridized carbons (Fsp3) is 0.350. The van der Waals surface area contributed by atoms with Gasteiger partial charge in [-0.25, -0.2) is 26.4 Å². The highest BCUT2D eigenvalue weighted by Crippen LogP contribution is 2.23. The molecule has 162 valence electrons. The second-order valence-corrected chi connectivity index (χ2v) is 10.5. The van der Waals surface area contributed by atoms with Gasteiger partial charge >= 0.3 is 5.97 Å². The first-order valence-corrected chi connectivity index (χ1v) is 12.5. The number of piperidine rings is 1. The minimum absolute atomic E-state index is 0.0105. The molecule has 1 saturated heterocycles. The molecule has 30 heavy (non-hydrogen) atoms. The zero-order chi connectivity index (χ0) is 21.8. The van der Waals surface area contributed by atoms with Crippen LogP contribution in [0.5, 0.6) is 0 Å². The monoisotopic (exact) mass is 452 g/mol. The zero-order valence-corrected chi connectivity index (χ0v) is 18.2. The number of sulfonamides is 2. The molecule has 2 aromatic rings. The van der Waals surface area contributed by atoms with Crippen molar-refractivity contribution in [1.82, 2.24) is 9.03 Å². The molecule has 1 N–H and O–H groups in total. The topological polar surface area (TPSA) is 110 Å². The third-order valence-electron chi connectivity index (χ3n) is 4.81. The summed E-state index contributed by atoms with van der Waals surface area (Å²) in [6, 6.07) is 13.4. The summed E-state index contributed by atoms with van der Waals surface area (Å²) in [5.74, 6) is -0.580. The van der Waals surface area contributed by atoms with E-state index in [0.717, 1.165) is 0 Å². The summed E-state index contributed by atoms with van der Waals surface area (Å²) in [7, 11) is -7.46. The Bertz CT molecular complexity index is 1090. The summed E-state index contributed by atoms with van der Waals surface area (Å²) >= 11 is 0. The van der Waals surface area contributed by atoms with E-state index in [2.05, 4.69) is 4.72 Å². The number of ether oxygens (including phenoxy) is 1. The highest BCUT2D eigenvalue weighted by atomic mass is 32.2. The summed E-state index contributed by atoms with van der Waals surface area (Å²) in [4.78, 5) is 12.1. The molecule has 3 rings (SSSR count). The highest BCUT2D eigenvalue weighted by Gasteiger charge is 2.31. The molecule has 0 unspecified atom stereocenters. The Morgan fingerprint density at radius 3 is 2.27 bits per heavy atom. The normalized spacial score (nSPS) is 16.3. The van der Waals surface area contributed by atoms with Crippen LogP contribution < -0.4 is 4.72 Å². The number of rotatable bonds is 7. The Labute approximate surface area is 177 Å². The van der Waals surface area contributed by atoms with Crippen molar-refractivity contribution in [3.8, 4) is 0 Å². The molecule has 0 aliphatic carbocycles. The third-order valence-corrected chi connectivity index (χ3v) is 8.24. The predicted octanol–water partition coefficient (Wildman–Crippen LogP) is 1.99. The van der Waals surface area contributed by atoms with Crippen molar-refractivity contribution in [3.05, 3.63) is 60.2 Å². The summed E-state index contributed by atoms with van der Waals surface area (Å²) < 4.78 is 59.8. The van der Waals surface area contributed by atoms with Crippen LogP contribution in [0.2, 0.25) is 0 Å². The number of nitrogens with zero attached hydrogens (tertiary/aromatic N) is 1. The van der Waals surface area contributed by atoms with Gasteiger partial charge in [0.25, 0.3) is 0 Å². The lowest BCUT2D eigenvalue weighted by atomic mass is 10.1. The molecule has 1 heterocycles. The van der Waals surface area contributed by atoms with Crippen LogP contribution in [0.15, 0.2) is 64.4 Å². The molecule has 0 saturated carbocycles. The van der Waals surface area contributed by atoms with Crippen molar-refractivity contribution in [2.75, 3.05) is 19.7 Å². The predicted molar refractivity (Wildman–Crippen MR) is 111 cm³/mol. The number of esters is 1. The number of hydrogen-bond donors (Lipinski definition) is 1. The van der Waals surface area contributed by atoms with Gasteiger partial charge in [-0.05, 0) is 50.1 Å². The molecule has 0 aromatic heterocycles. The van der Waals surface area contributed by atoms with Crippen LogP contribution in [-0.2, 0) is 24.8 Å². The lowest BCUT2D eigenvalue weighted by Gasteiger charge is -2.31. The molecule has 0 amide bonds. The van der Waals surface area contributed by atoms with Gasteiger partial charge < -0.3 is 4.74 Å². The number of carbonyl (C=O) groups is 1. The summed E-state index contributed by atoms with van der Waals surface area (Å²) in [5.41, 5.74) is 0.170. The van der Waals surface area contributed by atoms with E-state index >= 15 is 0 Å². The van der Waals surface area contributed by atoms with Gasteiger partial charge in [-0.2, -0.15) is 4.31 Å². The van der Waals surface area contributed by atoms with Crippen molar-refractivity contribution in [1.29, 1.82) is 0 Å². The van der Waals surface area contributed by atoms with Crippen LogP contribution in [0.1, 0.15) is 30.1 Å². The molecule has 1 aliphatic heterocycles. The van der Waals surface area contributed by atoms with Gasteiger partial charge in [-0.15, -0.1) is 0 Å².